The predicted molar refractivity (Wildman–Crippen MR) is 63.9 cm³/mol. The quantitative estimate of drug-likeness (QED) is 0.519. The van der Waals surface area contributed by atoms with E-state index in [9.17, 15) is 4.79 Å². The van der Waals surface area contributed by atoms with E-state index in [0.29, 0.717) is 18.9 Å². The Morgan fingerprint density at radius 3 is 2.88 bits per heavy atom. The molecule has 0 atom stereocenters. The summed E-state index contributed by atoms with van der Waals surface area (Å²) in [6.45, 7) is 0.645. The van der Waals surface area contributed by atoms with Gasteiger partial charge in [0.05, 0.1) is 12.5 Å². The summed E-state index contributed by atoms with van der Waals surface area (Å²) < 4.78 is 5.42. The summed E-state index contributed by atoms with van der Waals surface area (Å²) in [5, 5.41) is 0. The smallest absolute Gasteiger partial charge is 0.213 e. The monoisotopic (exact) mass is 241 g/mol. The minimum absolute atomic E-state index is 0.118. The van der Waals surface area contributed by atoms with Gasteiger partial charge in [0.25, 0.3) is 0 Å². The maximum Gasteiger partial charge on any atom is 0.213 e. The standard InChI is InChI=1S/C12H16ClNO2/c13-10-11(15)6-2-1-5-9-16-12-7-3-4-8-14-12/h3-4,7-8H,1-2,5-6,9-10H2. The minimum Gasteiger partial charge on any atom is -0.478 e. The maximum atomic E-state index is 10.9. The fourth-order valence-electron chi connectivity index (χ4n) is 1.28. The Labute approximate surface area is 101 Å². The van der Waals surface area contributed by atoms with Crippen molar-refractivity contribution in [1.29, 1.82) is 0 Å². The van der Waals surface area contributed by atoms with Crippen molar-refractivity contribution in [3.8, 4) is 5.88 Å². The predicted octanol–water partition coefficient (Wildman–Crippen LogP) is 2.83. The zero-order valence-corrected chi connectivity index (χ0v) is 9.95. The lowest BCUT2D eigenvalue weighted by Gasteiger charge is -2.04. The number of halogens is 1. The van der Waals surface area contributed by atoms with E-state index in [4.69, 9.17) is 16.3 Å². The lowest BCUT2D eigenvalue weighted by atomic mass is 10.1. The number of nitrogens with zero attached hydrogens (tertiary/aromatic N) is 1. The Morgan fingerprint density at radius 1 is 1.31 bits per heavy atom. The van der Waals surface area contributed by atoms with Crippen molar-refractivity contribution in [3.63, 3.8) is 0 Å². The molecule has 0 aromatic carbocycles. The Kier molecular flexibility index (Phi) is 6.58. The first-order valence-electron chi connectivity index (χ1n) is 5.44. The van der Waals surface area contributed by atoms with Crippen LogP contribution < -0.4 is 4.74 Å². The normalized spacial score (nSPS) is 10.1. The Hall–Kier alpha value is -1.09. The van der Waals surface area contributed by atoms with Crippen LogP contribution in [0.4, 0.5) is 0 Å². The SMILES string of the molecule is O=C(CCl)CCCCCOc1ccccn1. The molecule has 0 aliphatic carbocycles. The third-order valence-corrected chi connectivity index (χ3v) is 2.43. The van der Waals surface area contributed by atoms with E-state index in [2.05, 4.69) is 4.98 Å². The summed E-state index contributed by atoms with van der Waals surface area (Å²) in [4.78, 5) is 14.9. The molecule has 0 radical (unpaired) electrons. The first-order valence-corrected chi connectivity index (χ1v) is 5.98. The summed E-state index contributed by atoms with van der Waals surface area (Å²) in [5.41, 5.74) is 0. The van der Waals surface area contributed by atoms with Gasteiger partial charge in [0.15, 0.2) is 0 Å². The third-order valence-electron chi connectivity index (χ3n) is 2.14. The molecule has 0 aliphatic heterocycles. The van der Waals surface area contributed by atoms with Gasteiger partial charge in [-0.25, -0.2) is 4.98 Å². The first kappa shape index (κ1) is 13.0. The minimum atomic E-state index is 0.118. The van der Waals surface area contributed by atoms with E-state index >= 15 is 0 Å². The highest BCUT2D eigenvalue weighted by Crippen LogP contribution is 2.06. The molecule has 1 aromatic rings. The van der Waals surface area contributed by atoms with Gasteiger partial charge in [-0.1, -0.05) is 6.07 Å². The van der Waals surface area contributed by atoms with Gasteiger partial charge < -0.3 is 4.74 Å². The Balaban J connectivity index is 1.98. The zero-order chi connectivity index (χ0) is 11.6. The molecule has 1 aromatic heterocycles. The van der Waals surface area contributed by atoms with E-state index in [0.717, 1.165) is 19.3 Å². The van der Waals surface area contributed by atoms with Crippen LogP contribution in [0.5, 0.6) is 5.88 Å². The molecular weight excluding hydrogens is 226 g/mol. The molecule has 88 valence electrons. The zero-order valence-electron chi connectivity index (χ0n) is 9.19. The van der Waals surface area contributed by atoms with Crippen LogP contribution in [0.15, 0.2) is 24.4 Å². The second-order valence-corrected chi connectivity index (χ2v) is 3.77. The van der Waals surface area contributed by atoms with Crippen LogP contribution >= 0.6 is 11.6 Å². The van der Waals surface area contributed by atoms with Crippen molar-refractivity contribution in [1.82, 2.24) is 4.98 Å². The molecule has 0 amide bonds. The van der Waals surface area contributed by atoms with Crippen LogP contribution in [0.2, 0.25) is 0 Å². The van der Waals surface area contributed by atoms with Crippen LogP contribution in [0.1, 0.15) is 25.7 Å². The fraction of sp³-hybridized carbons (Fsp3) is 0.500. The molecule has 0 aliphatic rings. The number of carbonyl (C=O) groups excluding carboxylic acids is 1. The molecular formula is C12H16ClNO2. The third kappa shape index (κ3) is 5.71. The van der Waals surface area contributed by atoms with E-state index in [1.54, 1.807) is 6.20 Å². The Bertz CT molecular complexity index is 303. The molecule has 0 saturated heterocycles. The number of ether oxygens (including phenoxy) is 1. The van der Waals surface area contributed by atoms with Gasteiger partial charge in [-0.2, -0.15) is 0 Å². The molecule has 0 spiro atoms. The van der Waals surface area contributed by atoms with Crippen molar-refractivity contribution in [3.05, 3.63) is 24.4 Å². The van der Waals surface area contributed by atoms with Crippen molar-refractivity contribution in [2.24, 2.45) is 0 Å². The van der Waals surface area contributed by atoms with Gasteiger partial charge in [-0.3, -0.25) is 4.79 Å². The maximum absolute atomic E-state index is 10.9. The van der Waals surface area contributed by atoms with Crippen molar-refractivity contribution in [2.45, 2.75) is 25.7 Å². The summed E-state index contributed by atoms with van der Waals surface area (Å²) >= 11 is 5.39. The van der Waals surface area contributed by atoms with E-state index in [1.165, 1.54) is 0 Å². The van der Waals surface area contributed by atoms with E-state index in [-0.39, 0.29) is 11.7 Å². The topological polar surface area (TPSA) is 39.2 Å². The molecule has 3 nitrogen and oxygen atoms in total. The van der Waals surface area contributed by atoms with Gasteiger partial charge in [0.1, 0.15) is 5.78 Å². The van der Waals surface area contributed by atoms with Crippen LogP contribution in [0.3, 0.4) is 0 Å². The molecule has 4 heteroatoms. The number of ketones is 1. The van der Waals surface area contributed by atoms with Gasteiger partial charge >= 0.3 is 0 Å². The summed E-state index contributed by atoms with van der Waals surface area (Å²) in [6, 6.07) is 5.57. The van der Waals surface area contributed by atoms with Crippen molar-refractivity contribution in [2.75, 3.05) is 12.5 Å². The van der Waals surface area contributed by atoms with Gasteiger partial charge in [-0.05, 0) is 25.3 Å². The molecule has 0 fully saturated rings. The lowest BCUT2D eigenvalue weighted by molar-refractivity contribution is -0.116. The van der Waals surface area contributed by atoms with Crippen molar-refractivity contribution >= 4 is 17.4 Å². The van der Waals surface area contributed by atoms with E-state index < -0.39 is 0 Å². The average Bonchev–Trinajstić information content (AvgIpc) is 2.34. The molecule has 0 unspecified atom stereocenters. The van der Waals surface area contributed by atoms with Gasteiger partial charge in [-0.15, -0.1) is 11.6 Å². The highest BCUT2D eigenvalue weighted by Gasteiger charge is 1.99. The summed E-state index contributed by atoms with van der Waals surface area (Å²) in [5.74, 6) is 0.899. The highest BCUT2D eigenvalue weighted by atomic mass is 35.5. The molecule has 0 saturated carbocycles. The summed E-state index contributed by atoms with van der Waals surface area (Å²) in [6.07, 6.45) is 5.08. The Morgan fingerprint density at radius 2 is 2.19 bits per heavy atom. The first-order chi connectivity index (χ1) is 7.83. The number of alkyl halides is 1. The van der Waals surface area contributed by atoms with Crippen LogP contribution in [0, 0.1) is 0 Å². The number of unbranched alkanes of at least 4 members (excludes halogenated alkanes) is 2. The second-order valence-electron chi connectivity index (χ2n) is 3.50. The molecule has 0 bridgehead atoms. The van der Waals surface area contributed by atoms with Crippen molar-refractivity contribution < 1.29 is 9.53 Å². The number of hydrogen-bond acceptors (Lipinski definition) is 3. The van der Waals surface area contributed by atoms with Crippen LogP contribution in [-0.4, -0.2) is 23.3 Å². The van der Waals surface area contributed by atoms with Gasteiger partial charge in [0.2, 0.25) is 5.88 Å². The number of carbonyl (C=O) groups is 1. The second kappa shape index (κ2) is 8.11. The number of Topliss-reactive ketones (excluding diaryl/α,β-unsaturated/α-hetero) is 1. The van der Waals surface area contributed by atoms with Crippen LogP contribution in [-0.2, 0) is 4.79 Å². The summed E-state index contributed by atoms with van der Waals surface area (Å²) in [7, 11) is 0. The van der Waals surface area contributed by atoms with E-state index in [1.807, 2.05) is 18.2 Å². The number of aromatic nitrogens is 1. The lowest BCUT2D eigenvalue weighted by Crippen LogP contribution is -2.01. The number of rotatable bonds is 8. The average molecular weight is 242 g/mol. The van der Waals surface area contributed by atoms with Crippen LogP contribution in [0.25, 0.3) is 0 Å². The fourth-order valence-corrected chi connectivity index (χ4v) is 1.41. The van der Waals surface area contributed by atoms with Gasteiger partial charge in [0, 0.05) is 18.7 Å². The number of hydrogen-bond donors (Lipinski definition) is 0. The molecule has 1 rings (SSSR count). The highest BCUT2D eigenvalue weighted by molar-refractivity contribution is 6.27. The molecule has 0 N–H and O–H groups in total. The number of pyridine rings is 1. The molecule has 16 heavy (non-hydrogen) atoms. The largest absolute Gasteiger partial charge is 0.478 e. The molecule has 1 heterocycles.